The van der Waals surface area contributed by atoms with E-state index in [0.29, 0.717) is 5.92 Å². The number of hydrogen-bond donors (Lipinski definition) is 0. The molecule has 2 aromatic carbocycles. The average Bonchev–Trinajstić information content (AvgIpc) is 2.89. The summed E-state index contributed by atoms with van der Waals surface area (Å²) in [5.74, 6) is 2.34. The normalized spacial score (nSPS) is 23.3. The summed E-state index contributed by atoms with van der Waals surface area (Å²) in [5, 5.41) is 0. The van der Waals surface area contributed by atoms with Gasteiger partial charge in [0.25, 0.3) is 0 Å². The summed E-state index contributed by atoms with van der Waals surface area (Å²) in [4.78, 5) is 2.62. The first-order valence-corrected chi connectivity index (χ1v) is 8.76. The molecule has 0 spiro atoms. The fraction of sp³-hybridized carbons (Fsp3) is 0.429. The zero-order valence-electron chi connectivity index (χ0n) is 13.9. The molecule has 23 heavy (non-hydrogen) atoms. The monoisotopic (exact) mass is 307 g/mol. The van der Waals surface area contributed by atoms with Crippen LogP contribution in [0.15, 0.2) is 48.5 Å². The molecule has 1 heterocycles. The molecule has 0 radical (unpaired) electrons. The van der Waals surface area contributed by atoms with Crippen molar-refractivity contribution in [1.82, 2.24) is 4.90 Å². The van der Waals surface area contributed by atoms with Gasteiger partial charge in [-0.1, -0.05) is 36.4 Å². The number of nitrogens with zero attached hydrogens (tertiary/aromatic N) is 1. The van der Waals surface area contributed by atoms with Gasteiger partial charge < -0.3 is 9.64 Å². The fourth-order valence-corrected chi connectivity index (χ4v) is 4.14. The SMILES string of the molecule is COc1ccc2c(c1)C(Cc1ccccc1)C(CN1CCC1)C2. The van der Waals surface area contributed by atoms with Crippen molar-refractivity contribution in [3.63, 3.8) is 0 Å². The Hall–Kier alpha value is -1.80. The first-order valence-electron chi connectivity index (χ1n) is 8.76. The molecule has 4 rings (SSSR count). The van der Waals surface area contributed by atoms with Gasteiger partial charge >= 0.3 is 0 Å². The molecule has 2 aromatic rings. The van der Waals surface area contributed by atoms with Crippen LogP contribution in [0.2, 0.25) is 0 Å². The molecule has 1 saturated heterocycles. The van der Waals surface area contributed by atoms with Crippen molar-refractivity contribution in [3.8, 4) is 5.75 Å². The van der Waals surface area contributed by atoms with E-state index < -0.39 is 0 Å². The number of ether oxygens (including phenoxy) is 1. The number of fused-ring (bicyclic) bond motifs is 1. The van der Waals surface area contributed by atoms with Gasteiger partial charge in [-0.3, -0.25) is 0 Å². The highest BCUT2D eigenvalue weighted by Gasteiger charge is 2.34. The van der Waals surface area contributed by atoms with E-state index in [9.17, 15) is 0 Å². The van der Waals surface area contributed by atoms with E-state index in [4.69, 9.17) is 4.74 Å². The van der Waals surface area contributed by atoms with Crippen LogP contribution in [0.3, 0.4) is 0 Å². The first-order chi connectivity index (χ1) is 11.3. The van der Waals surface area contributed by atoms with Gasteiger partial charge in [0.1, 0.15) is 5.75 Å². The second kappa shape index (κ2) is 6.37. The van der Waals surface area contributed by atoms with Gasteiger partial charge in [0.05, 0.1) is 7.11 Å². The third kappa shape index (κ3) is 3.00. The van der Waals surface area contributed by atoms with Crippen molar-refractivity contribution in [2.45, 2.75) is 25.2 Å². The standard InChI is InChI=1S/C21H25NO/c1-23-19-9-8-17-13-18(15-22-10-5-11-22)20(21(17)14-19)12-16-6-3-2-4-7-16/h2-4,6-9,14,18,20H,5,10-13,15H2,1H3. The quantitative estimate of drug-likeness (QED) is 0.830. The molecule has 120 valence electrons. The van der Waals surface area contributed by atoms with Gasteiger partial charge in [0, 0.05) is 6.54 Å². The summed E-state index contributed by atoms with van der Waals surface area (Å²) in [6, 6.07) is 17.6. The molecule has 0 bridgehead atoms. The van der Waals surface area contributed by atoms with Crippen LogP contribution in [0.4, 0.5) is 0 Å². The van der Waals surface area contributed by atoms with Gasteiger partial charge in [-0.05, 0) is 73.0 Å². The van der Waals surface area contributed by atoms with Crippen molar-refractivity contribution in [1.29, 1.82) is 0 Å². The fourth-order valence-electron chi connectivity index (χ4n) is 4.14. The highest BCUT2D eigenvalue weighted by Crippen LogP contribution is 2.42. The minimum atomic E-state index is 0.614. The Morgan fingerprint density at radius 3 is 2.61 bits per heavy atom. The Kier molecular flexibility index (Phi) is 4.09. The summed E-state index contributed by atoms with van der Waals surface area (Å²) >= 11 is 0. The molecule has 0 aromatic heterocycles. The van der Waals surface area contributed by atoms with Gasteiger partial charge in [-0.15, -0.1) is 0 Å². The molecule has 0 saturated carbocycles. The van der Waals surface area contributed by atoms with E-state index in [1.807, 2.05) is 0 Å². The third-order valence-corrected chi connectivity index (χ3v) is 5.54. The number of benzene rings is 2. The van der Waals surface area contributed by atoms with E-state index in [2.05, 4.69) is 53.4 Å². The minimum Gasteiger partial charge on any atom is -0.497 e. The lowest BCUT2D eigenvalue weighted by molar-refractivity contribution is 0.145. The Morgan fingerprint density at radius 1 is 1.09 bits per heavy atom. The second-order valence-electron chi connectivity index (χ2n) is 6.98. The van der Waals surface area contributed by atoms with Gasteiger partial charge in [0.15, 0.2) is 0 Å². The van der Waals surface area contributed by atoms with Crippen molar-refractivity contribution >= 4 is 0 Å². The highest BCUT2D eigenvalue weighted by atomic mass is 16.5. The molecule has 1 aliphatic heterocycles. The van der Waals surface area contributed by atoms with Crippen LogP contribution in [0, 0.1) is 5.92 Å². The van der Waals surface area contributed by atoms with Gasteiger partial charge in [-0.25, -0.2) is 0 Å². The Morgan fingerprint density at radius 2 is 1.91 bits per heavy atom. The maximum atomic E-state index is 5.48. The summed E-state index contributed by atoms with van der Waals surface area (Å²) in [5.41, 5.74) is 4.48. The second-order valence-corrected chi connectivity index (χ2v) is 6.98. The lowest BCUT2D eigenvalue weighted by atomic mass is 9.86. The van der Waals surface area contributed by atoms with Crippen LogP contribution in [0.25, 0.3) is 0 Å². The van der Waals surface area contributed by atoms with E-state index in [1.54, 1.807) is 7.11 Å². The molecule has 1 fully saturated rings. The predicted molar refractivity (Wildman–Crippen MR) is 94.1 cm³/mol. The Labute approximate surface area is 139 Å². The van der Waals surface area contributed by atoms with Crippen LogP contribution >= 0.6 is 0 Å². The topological polar surface area (TPSA) is 12.5 Å². The van der Waals surface area contributed by atoms with Crippen molar-refractivity contribution in [3.05, 3.63) is 65.2 Å². The van der Waals surface area contributed by atoms with Gasteiger partial charge in [0.2, 0.25) is 0 Å². The first kappa shape index (κ1) is 14.8. The average molecular weight is 307 g/mol. The van der Waals surface area contributed by atoms with Crippen LogP contribution in [-0.2, 0) is 12.8 Å². The molecule has 2 heteroatoms. The Balaban J connectivity index is 1.62. The largest absolute Gasteiger partial charge is 0.497 e. The molecule has 2 nitrogen and oxygen atoms in total. The predicted octanol–water partition coefficient (Wildman–Crippen LogP) is 3.90. The van der Waals surface area contributed by atoms with E-state index >= 15 is 0 Å². The Bertz CT molecular complexity index is 663. The number of methoxy groups -OCH3 is 1. The summed E-state index contributed by atoms with van der Waals surface area (Å²) in [6.45, 7) is 3.82. The molecule has 2 atom stereocenters. The molecular weight excluding hydrogens is 282 g/mol. The number of hydrogen-bond acceptors (Lipinski definition) is 2. The molecule has 0 amide bonds. The number of likely N-dealkylation sites (tertiary alicyclic amines) is 1. The smallest absolute Gasteiger partial charge is 0.119 e. The van der Waals surface area contributed by atoms with Crippen molar-refractivity contribution < 1.29 is 4.74 Å². The molecular formula is C21H25NO. The molecule has 2 aliphatic rings. The zero-order valence-corrected chi connectivity index (χ0v) is 13.9. The zero-order chi connectivity index (χ0) is 15.6. The summed E-state index contributed by atoms with van der Waals surface area (Å²) in [7, 11) is 1.76. The van der Waals surface area contributed by atoms with Crippen LogP contribution < -0.4 is 4.74 Å². The van der Waals surface area contributed by atoms with Crippen molar-refractivity contribution in [2.24, 2.45) is 5.92 Å². The summed E-state index contributed by atoms with van der Waals surface area (Å²) < 4.78 is 5.48. The lowest BCUT2D eigenvalue weighted by Gasteiger charge is -2.35. The van der Waals surface area contributed by atoms with Crippen LogP contribution in [-0.4, -0.2) is 31.6 Å². The maximum absolute atomic E-state index is 5.48. The molecule has 0 N–H and O–H groups in total. The van der Waals surface area contributed by atoms with Crippen molar-refractivity contribution in [2.75, 3.05) is 26.7 Å². The summed E-state index contributed by atoms with van der Waals surface area (Å²) in [6.07, 6.45) is 3.73. The lowest BCUT2D eigenvalue weighted by Crippen LogP contribution is -2.41. The third-order valence-electron chi connectivity index (χ3n) is 5.54. The van der Waals surface area contributed by atoms with E-state index in [-0.39, 0.29) is 0 Å². The molecule has 2 unspecified atom stereocenters. The maximum Gasteiger partial charge on any atom is 0.119 e. The minimum absolute atomic E-state index is 0.614. The number of rotatable bonds is 5. The van der Waals surface area contributed by atoms with E-state index in [0.717, 1.165) is 18.1 Å². The van der Waals surface area contributed by atoms with Crippen LogP contribution in [0.5, 0.6) is 5.75 Å². The highest BCUT2D eigenvalue weighted by molar-refractivity contribution is 5.43. The van der Waals surface area contributed by atoms with E-state index in [1.165, 1.54) is 49.2 Å². The van der Waals surface area contributed by atoms with Crippen LogP contribution in [0.1, 0.15) is 29.0 Å². The van der Waals surface area contributed by atoms with Gasteiger partial charge in [-0.2, -0.15) is 0 Å². The molecule has 1 aliphatic carbocycles.